The molecular weight excluding hydrogens is 284 g/mol. The zero-order chi connectivity index (χ0) is 7.28. The Morgan fingerprint density at radius 1 is 1.90 bits per heavy atom. The van der Waals surface area contributed by atoms with Crippen LogP contribution in [0.2, 0.25) is 5.82 Å². The van der Waals surface area contributed by atoms with Gasteiger partial charge in [0.2, 0.25) is 0 Å². The number of thiol groups is 1. The van der Waals surface area contributed by atoms with Crippen molar-refractivity contribution in [2.45, 2.75) is 11.9 Å². The first kappa shape index (κ1) is 13.4. The van der Waals surface area contributed by atoms with E-state index in [9.17, 15) is 4.79 Å². The van der Waals surface area contributed by atoms with Crippen molar-refractivity contribution in [2.75, 3.05) is 5.75 Å². The molecule has 0 rings (SSSR count). The van der Waals surface area contributed by atoms with E-state index in [4.69, 9.17) is 5.11 Å². The molecule has 0 aromatic rings. The summed E-state index contributed by atoms with van der Waals surface area (Å²) in [6.45, 7) is 0. The van der Waals surface area contributed by atoms with Gasteiger partial charge >= 0.3 is 65.6 Å². The maximum absolute atomic E-state index is 10.2. The average Bonchev–Trinajstić information content (AvgIpc) is 1.82. The third-order valence-corrected chi connectivity index (χ3v) is 2.20. The number of nitrogens with one attached hydrogen (secondary N) is 1. The Kier molecular flexibility index (Phi) is 10.6. The maximum atomic E-state index is 10.2. The van der Waals surface area contributed by atoms with Crippen LogP contribution >= 0.6 is 12.6 Å². The van der Waals surface area contributed by atoms with Gasteiger partial charge in [-0.15, -0.1) is 0 Å². The van der Waals surface area contributed by atoms with Crippen LogP contribution in [0.3, 0.4) is 0 Å². The molecule has 0 aliphatic carbocycles. The van der Waals surface area contributed by atoms with Gasteiger partial charge < -0.3 is 0 Å². The van der Waals surface area contributed by atoms with Crippen molar-refractivity contribution in [3.8, 4) is 0 Å². The maximum Gasteiger partial charge on any atom is 0 e. The summed E-state index contributed by atoms with van der Waals surface area (Å²) in [7, 11) is 0. The Labute approximate surface area is 82.6 Å². The monoisotopic (exact) mass is 295 g/mol. The van der Waals surface area contributed by atoms with Gasteiger partial charge in [0.05, 0.1) is 0 Å². The van der Waals surface area contributed by atoms with Gasteiger partial charge in [0.25, 0.3) is 0 Å². The summed E-state index contributed by atoms with van der Waals surface area (Å²) in [5.41, 5.74) is 0. The molecule has 1 unspecified atom stereocenters. The van der Waals surface area contributed by atoms with E-state index in [2.05, 4.69) is 17.0 Å². The first-order valence-corrected chi connectivity index (χ1v) is 5.54. The summed E-state index contributed by atoms with van der Waals surface area (Å²) in [6.07, 6.45) is 0. The first-order valence-electron chi connectivity index (χ1n) is 2.34. The van der Waals surface area contributed by atoms with Crippen molar-refractivity contribution in [1.82, 2.24) is 4.33 Å². The summed E-state index contributed by atoms with van der Waals surface area (Å²) in [4.78, 5) is 10.2. The molecule has 60 valence electrons. The third kappa shape index (κ3) is 5.59. The quantitative estimate of drug-likeness (QED) is 0.472. The average molecular weight is 293 g/mol. The Morgan fingerprint density at radius 3 is 2.50 bits per heavy atom. The molecule has 2 N–H and O–H groups in total. The molecule has 0 heterocycles. The van der Waals surface area contributed by atoms with E-state index in [1.165, 1.54) is 0 Å². The van der Waals surface area contributed by atoms with Gasteiger partial charge in [-0.25, -0.2) is 0 Å². The Bertz CT molecular complexity index is 103. The minimum Gasteiger partial charge on any atom is 0 e. The van der Waals surface area contributed by atoms with Crippen LogP contribution in [0.1, 0.15) is 0 Å². The van der Waals surface area contributed by atoms with Gasteiger partial charge in [0.15, 0.2) is 0 Å². The molecule has 0 aromatic carbocycles. The number of carboxylic acid groups (broad SMARTS) is 1. The Hall–Kier alpha value is 0.819. The van der Waals surface area contributed by atoms with Crippen LogP contribution in [-0.4, -0.2) is 55.1 Å². The molecule has 0 aromatic heterocycles. The van der Waals surface area contributed by atoms with Crippen LogP contribution < -0.4 is 4.33 Å². The zero-order valence-electron chi connectivity index (χ0n) is 5.40. The molecule has 10 heavy (non-hydrogen) atoms. The molecule has 6 heteroatoms. The van der Waals surface area contributed by atoms with Gasteiger partial charge in [-0.1, -0.05) is 0 Å². The van der Waals surface area contributed by atoms with E-state index >= 15 is 0 Å². The van der Waals surface area contributed by atoms with Crippen molar-refractivity contribution < 1.29 is 9.90 Å². The van der Waals surface area contributed by atoms with Crippen LogP contribution in [-0.2, 0) is 4.79 Å². The fraction of sp³-hybridized carbons (Fsp3) is 0.750. The largest absolute Gasteiger partial charge is 0 e. The van der Waals surface area contributed by atoms with Crippen molar-refractivity contribution in [2.24, 2.45) is 0 Å². The van der Waals surface area contributed by atoms with Crippen LogP contribution in [0.4, 0.5) is 0 Å². The number of hydrogen-bond acceptors (Lipinski definition) is 3. The van der Waals surface area contributed by atoms with Crippen LogP contribution in [0.15, 0.2) is 0 Å². The minimum absolute atomic E-state index is 0. The summed E-state index contributed by atoms with van der Waals surface area (Å²) < 4.78 is 2.82. The second kappa shape index (κ2) is 7.92. The minimum atomic E-state index is -0.825. The van der Waals surface area contributed by atoms with Gasteiger partial charge in [-0.2, -0.15) is 0 Å². The fourth-order valence-electron chi connectivity index (χ4n) is 0.308. The normalized spacial score (nSPS) is 11.8. The van der Waals surface area contributed by atoms with Crippen LogP contribution in [0.25, 0.3) is 0 Å². The second-order valence-corrected chi connectivity index (χ2v) is 3.11. The molecule has 0 aliphatic rings. The summed E-state index contributed by atoms with van der Waals surface area (Å²) in [5.74, 6) is 1.45. The molecule has 0 saturated heterocycles. The summed E-state index contributed by atoms with van der Waals surface area (Å²) in [5, 5.41) is 8.40. The van der Waals surface area contributed by atoms with Gasteiger partial charge in [-0.3, -0.25) is 0 Å². The molecule has 0 bridgehead atoms. The van der Waals surface area contributed by atoms with E-state index in [1.54, 1.807) is 0 Å². The van der Waals surface area contributed by atoms with Crippen molar-refractivity contribution in [3.63, 3.8) is 0 Å². The van der Waals surface area contributed by atoms with E-state index in [0.29, 0.717) is 5.75 Å². The predicted octanol–water partition coefficient (Wildman–Crippen LogP) is -0.754. The van der Waals surface area contributed by atoms with Crippen molar-refractivity contribution in [1.29, 1.82) is 0 Å². The Morgan fingerprint density at radius 2 is 2.40 bits per heavy atom. The molecule has 0 spiro atoms. The topological polar surface area (TPSA) is 49.3 Å². The molecule has 0 saturated carbocycles. The van der Waals surface area contributed by atoms with Gasteiger partial charge in [0.1, 0.15) is 0 Å². The molecule has 0 aliphatic heterocycles. The summed E-state index contributed by atoms with van der Waals surface area (Å²) >= 11 is 4.06. The SMILES string of the molecule is C[Se]NC(CS)C(=O)O.[Se]. The molecular formula is C4H9NO2SSe2. The number of aliphatic carboxylic acids is 1. The van der Waals surface area contributed by atoms with E-state index in [1.807, 2.05) is 5.82 Å². The zero-order valence-corrected chi connectivity index (χ0v) is 9.72. The van der Waals surface area contributed by atoms with E-state index in [-0.39, 0.29) is 32.2 Å². The smallest absolute Gasteiger partial charge is 0 e. The summed E-state index contributed by atoms with van der Waals surface area (Å²) in [6, 6.07) is -0.474. The number of hydrogen-bond donors (Lipinski definition) is 3. The molecule has 1 atom stereocenters. The van der Waals surface area contributed by atoms with Crippen molar-refractivity contribution >= 4 is 50.8 Å². The third-order valence-electron chi connectivity index (χ3n) is 0.741. The van der Waals surface area contributed by atoms with Crippen molar-refractivity contribution in [3.05, 3.63) is 0 Å². The first-order chi connectivity index (χ1) is 4.22. The molecule has 3 nitrogen and oxygen atoms in total. The van der Waals surface area contributed by atoms with Gasteiger partial charge in [0, 0.05) is 17.1 Å². The number of carbonyl (C=O) groups is 1. The fourth-order valence-corrected chi connectivity index (χ4v) is 1.82. The van der Waals surface area contributed by atoms with Crippen LogP contribution in [0, 0.1) is 0 Å². The Balaban J connectivity index is 0. The predicted molar refractivity (Wildman–Crippen MR) is 45.8 cm³/mol. The number of carboxylic acids is 1. The molecule has 2 radical (unpaired) electrons. The second-order valence-electron chi connectivity index (χ2n) is 1.40. The number of rotatable bonds is 4. The van der Waals surface area contributed by atoms with E-state index in [0.717, 1.165) is 0 Å². The standard InChI is InChI=1S/C4H9NO2SSe.Se/c1-9-5-3(2-8)4(6)7;/h3,5,8H,2H2,1H3,(H,6,7);. The van der Waals surface area contributed by atoms with E-state index < -0.39 is 12.0 Å². The van der Waals surface area contributed by atoms with Gasteiger partial charge in [-0.05, 0) is 0 Å². The molecule has 0 fully saturated rings. The van der Waals surface area contributed by atoms with Crippen LogP contribution in [0.5, 0.6) is 0 Å². The molecule has 0 amide bonds.